The van der Waals surface area contributed by atoms with Crippen LogP contribution in [0.15, 0.2) is 29.6 Å². The second-order valence-electron chi connectivity index (χ2n) is 5.06. The molecule has 1 fully saturated rings. The van der Waals surface area contributed by atoms with Crippen molar-refractivity contribution >= 4 is 34.7 Å². The maximum absolute atomic E-state index is 12.8. The number of anilines is 1. The summed E-state index contributed by atoms with van der Waals surface area (Å²) in [5, 5.41) is 5.29. The van der Waals surface area contributed by atoms with E-state index in [1.807, 2.05) is 16.3 Å². The SMILES string of the molecule is CNc1cc(C(=O)N(Cc2cccs2)C2CC2)cc(Cl)n1. The Hall–Kier alpha value is -1.59. The number of nitrogens with one attached hydrogen (secondary N) is 1. The lowest BCUT2D eigenvalue weighted by molar-refractivity contribution is 0.0731. The van der Waals surface area contributed by atoms with Crippen LogP contribution in [0.2, 0.25) is 5.15 Å². The van der Waals surface area contributed by atoms with Crippen LogP contribution in [0, 0.1) is 0 Å². The van der Waals surface area contributed by atoms with Gasteiger partial charge in [-0.2, -0.15) is 0 Å². The molecule has 0 radical (unpaired) electrons. The quantitative estimate of drug-likeness (QED) is 0.855. The number of carbonyl (C=O) groups excluding carboxylic acids is 1. The van der Waals surface area contributed by atoms with E-state index >= 15 is 0 Å². The van der Waals surface area contributed by atoms with E-state index in [1.165, 1.54) is 4.88 Å². The summed E-state index contributed by atoms with van der Waals surface area (Å²) in [5.41, 5.74) is 0.586. The summed E-state index contributed by atoms with van der Waals surface area (Å²) in [4.78, 5) is 20.0. The second-order valence-corrected chi connectivity index (χ2v) is 6.48. The summed E-state index contributed by atoms with van der Waals surface area (Å²) >= 11 is 7.67. The largest absolute Gasteiger partial charge is 0.373 e. The number of aromatic nitrogens is 1. The summed E-state index contributed by atoms with van der Waals surface area (Å²) in [6, 6.07) is 7.81. The fraction of sp³-hybridized carbons (Fsp3) is 0.333. The topological polar surface area (TPSA) is 45.2 Å². The first-order chi connectivity index (χ1) is 10.2. The van der Waals surface area contributed by atoms with E-state index in [9.17, 15) is 4.79 Å². The Morgan fingerprint density at radius 1 is 1.52 bits per heavy atom. The molecule has 0 aromatic carbocycles. The van der Waals surface area contributed by atoms with Gasteiger partial charge in [0.15, 0.2) is 0 Å². The Morgan fingerprint density at radius 3 is 2.95 bits per heavy atom. The number of hydrogen-bond acceptors (Lipinski definition) is 4. The molecule has 3 rings (SSSR count). The van der Waals surface area contributed by atoms with Gasteiger partial charge in [0.1, 0.15) is 11.0 Å². The molecular weight excluding hydrogens is 306 g/mol. The van der Waals surface area contributed by atoms with E-state index in [-0.39, 0.29) is 5.91 Å². The third kappa shape index (κ3) is 3.36. The lowest BCUT2D eigenvalue weighted by Gasteiger charge is -2.22. The first kappa shape index (κ1) is 14.4. The highest BCUT2D eigenvalue weighted by Gasteiger charge is 2.33. The van der Waals surface area contributed by atoms with Gasteiger partial charge in [-0.3, -0.25) is 4.79 Å². The predicted octanol–water partition coefficient (Wildman–Crippen LogP) is 3.64. The third-order valence-corrected chi connectivity index (χ3v) is 4.51. The van der Waals surface area contributed by atoms with Crippen molar-refractivity contribution in [2.75, 3.05) is 12.4 Å². The Bertz CT molecular complexity index is 640. The minimum Gasteiger partial charge on any atom is -0.373 e. The van der Waals surface area contributed by atoms with Crippen molar-refractivity contribution in [3.63, 3.8) is 0 Å². The van der Waals surface area contributed by atoms with E-state index in [1.54, 1.807) is 30.5 Å². The molecule has 1 aliphatic carbocycles. The second kappa shape index (κ2) is 6.03. The van der Waals surface area contributed by atoms with Crippen molar-refractivity contribution in [3.05, 3.63) is 45.2 Å². The summed E-state index contributed by atoms with van der Waals surface area (Å²) in [5.74, 6) is 0.629. The average molecular weight is 322 g/mol. The number of amides is 1. The summed E-state index contributed by atoms with van der Waals surface area (Å²) in [6.45, 7) is 0.663. The number of hydrogen-bond donors (Lipinski definition) is 1. The third-order valence-electron chi connectivity index (χ3n) is 3.45. The molecule has 2 aromatic rings. The van der Waals surface area contributed by atoms with Crippen LogP contribution >= 0.6 is 22.9 Å². The van der Waals surface area contributed by atoms with Crippen LogP contribution in [0.3, 0.4) is 0 Å². The van der Waals surface area contributed by atoms with Crippen LogP contribution in [-0.2, 0) is 6.54 Å². The number of carbonyl (C=O) groups is 1. The van der Waals surface area contributed by atoms with Gasteiger partial charge in [-0.15, -0.1) is 11.3 Å². The van der Waals surface area contributed by atoms with E-state index in [0.717, 1.165) is 12.8 Å². The Labute approximate surface area is 132 Å². The normalized spacial score (nSPS) is 14.0. The minimum absolute atomic E-state index is 0.0201. The molecule has 0 saturated heterocycles. The smallest absolute Gasteiger partial charge is 0.254 e. The van der Waals surface area contributed by atoms with Gasteiger partial charge in [0, 0.05) is 23.5 Å². The highest BCUT2D eigenvalue weighted by Crippen LogP contribution is 2.31. The van der Waals surface area contributed by atoms with E-state index in [4.69, 9.17) is 11.6 Å². The van der Waals surface area contributed by atoms with Crippen LogP contribution in [0.25, 0.3) is 0 Å². The van der Waals surface area contributed by atoms with Crippen LogP contribution in [0.5, 0.6) is 0 Å². The Balaban J connectivity index is 1.85. The fourth-order valence-electron chi connectivity index (χ4n) is 2.24. The fourth-order valence-corrected chi connectivity index (χ4v) is 3.15. The molecular formula is C15H16ClN3OS. The Morgan fingerprint density at radius 2 is 2.33 bits per heavy atom. The highest BCUT2D eigenvalue weighted by atomic mass is 35.5. The van der Waals surface area contributed by atoms with Crippen molar-refractivity contribution in [1.29, 1.82) is 0 Å². The molecule has 0 spiro atoms. The predicted molar refractivity (Wildman–Crippen MR) is 86.0 cm³/mol. The van der Waals surface area contributed by atoms with Gasteiger partial charge in [-0.25, -0.2) is 4.98 Å². The average Bonchev–Trinajstić information content (AvgIpc) is 3.20. The molecule has 2 aromatic heterocycles. The van der Waals surface area contributed by atoms with Gasteiger partial charge in [0.2, 0.25) is 0 Å². The summed E-state index contributed by atoms with van der Waals surface area (Å²) < 4.78 is 0. The van der Waals surface area contributed by atoms with Gasteiger partial charge in [0.25, 0.3) is 5.91 Å². The van der Waals surface area contributed by atoms with E-state index < -0.39 is 0 Å². The van der Waals surface area contributed by atoms with Crippen molar-refractivity contribution in [2.24, 2.45) is 0 Å². The number of rotatable bonds is 5. The van der Waals surface area contributed by atoms with Crippen molar-refractivity contribution < 1.29 is 4.79 Å². The zero-order valence-corrected chi connectivity index (χ0v) is 13.2. The van der Waals surface area contributed by atoms with E-state index in [2.05, 4.69) is 16.4 Å². The van der Waals surface area contributed by atoms with Gasteiger partial charge >= 0.3 is 0 Å². The maximum Gasteiger partial charge on any atom is 0.254 e. The number of pyridine rings is 1. The summed E-state index contributed by atoms with van der Waals surface area (Å²) in [7, 11) is 1.76. The molecule has 1 aliphatic rings. The summed E-state index contributed by atoms with van der Waals surface area (Å²) in [6.07, 6.45) is 2.16. The monoisotopic (exact) mass is 321 g/mol. The molecule has 6 heteroatoms. The van der Waals surface area contributed by atoms with Crippen molar-refractivity contribution in [1.82, 2.24) is 9.88 Å². The molecule has 21 heavy (non-hydrogen) atoms. The molecule has 4 nitrogen and oxygen atoms in total. The molecule has 0 atom stereocenters. The highest BCUT2D eigenvalue weighted by molar-refractivity contribution is 7.09. The standard InChI is InChI=1S/C15H16ClN3OS/c1-17-14-8-10(7-13(16)18-14)15(20)19(11-4-5-11)9-12-3-2-6-21-12/h2-3,6-8,11H,4-5,9H2,1H3,(H,17,18). The van der Waals surface area contributed by atoms with Gasteiger partial charge in [0.05, 0.1) is 6.54 Å². The molecule has 1 saturated carbocycles. The zero-order valence-electron chi connectivity index (χ0n) is 11.7. The van der Waals surface area contributed by atoms with Gasteiger partial charge < -0.3 is 10.2 Å². The molecule has 1 amide bonds. The maximum atomic E-state index is 12.8. The van der Waals surface area contributed by atoms with Crippen LogP contribution < -0.4 is 5.32 Å². The van der Waals surface area contributed by atoms with Gasteiger partial charge in [-0.1, -0.05) is 17.7 Å². The molecule has 0 bridgehead atoms. The van der Waals surface area contributed by atoms with Crippen LogP contribution in [-0.4, -0.2) is 28.9 Å². The van der Waals surface area contributed by atoms with Gasteiger partial charge in [-0.05, 0) is 36.4 Å². The first-order valence-electron chi connectivity index (χ1n) is 6.86. The van der Waals surface area contributed by atoms with Crippen molar-refractivity contribution in [2.45, 2.75) is 25.4 Å². The van der Waals surface area contributed by atoms with Crippen molar-refractivity contribution in [3.8, 4) is 0 Å². The number of nitrogens with zero attached hydrogens (tertiary/aromatic N) is 2. The molecule has 1 N–H and O–H groups in total. The molecule has 0 unspecified atom stereocenters. The number of thiophene rings is 1. The lowest BCUT2D eigenvalue weighted by atomic mass is 10.2. The minimum atomic E-state index is 0.0201. The van der Waals surface area contributed by atoms with Crippen LogP contribution in [0.4, 0.5) is 5.82 Å². The zero-order chi connectivity index (χ0) is 14.8. The first-order valence-corrected chi connectivity index (χ1v) is 8.12. The van der Waals surface area contributed by atoms with Crippen LogP contribution in [0.1, 0.15) is 28.1 Å². The number of halogens is 1. The van der Waals surface area contributed by atoms with E-state index in [0.29, 0.717) is 29.1 Å². The Kier molecular flexibility index (Phi) is 4.12. The lowest BCUT2D eigenvalue weighted by Crippen LogP contribution is -2.32. The molecule has 110 valence electrons. The molecule has 0 aliphatic heterocycles. The molecule has 2 heterocycles.